The second kappa shape index (κ2) is 4.76. The van der Waals surface area contributed by atoms with Gasteiger partial charge in [-0.3, -0.25) is 10.1 Å². The Bertz CT molecular complexity index is 626. The lowest BCUT2D eigenvalue weighted by Crippen LogP contribution is -1.99. The van der Waals surface area contributed by atoms with Gasteiger partial charge in [0, 0.05) is 12.3 Å². The summed E-state index contributed by atoms with van der Waals surface area (Å²) in [5.41, 5.74) is -0.164. The van der Waals surface area contributed by atoms with Crippen molar-refractivity contribution >= 4 is 21.6 Å². The first-order valence-corrected chi connectivity index (χ1v) is 6.30. The van der Waals surface area contributed by atoms with Crippen LogP contribution in [0.3, 0.4) is 0 Å². The summed E-state index contributed by atoms with van der Waals surface area (Å²) < 4.78 is 22.4. The summed E-state index contributed by atoms with van der Waals surface area (Å²) in [6.45, 7) is 0. The van der Waals surface area contributed by atoms with E-state index in [1.165, 1.54) is 30.3 Å². The number of hydrogen-bond donors (Lipinski definition) is 0. The van der Waals surface area contributed by atoms with Crippen LogP contribution in [0.15, 0.2) is 29.2 Å². The van der Waals surface area contributed by atoms with Gasteiger partial charge in [0.05, 0.1) is 10.5 Å². The molecule has 0 fully saturated rings. The van der Waals surface area contributed by atoms with Gasteiger partial charge in [-0.1, -0.05) is 12.1 Å². The van der Waals surface area contributed by atoms with Crippen LogP contribution in [0, 0.1) is 21.4 Å². The maximum Gasteiger partial charge on any atom is 0.276 e. The first kappa shape index (κ1) is 12.9. The Kier molecular flexibility index (Phi) is 3.60. The normalized spacial score (nSPS) is 11.9. The van der Waals surface area contributed by atoms with Crippen LogP contribution in [-0.2, 0) is 9.84 Å². The lowest BCUT2D eigenvalue weighted by molar-refractivity contribution is -0.385. The molecule has 17 heavy (non-hydrogen) atoms. The highest BCUT2D eigenvalue weighted by molar-refractivity contribution is 7.95. The molecule has 0 aliphatic carbocycles. The zero-order valence-electron chi connectivity index (χ0n) is 8.82. The van der Waals surface area contributed by atoms with E-state index in [1.54, 1.807) is 0 Å². The van der Waals surface area contributed by atoms with Crippen LogP contribution in [-0.4, -0.2) is 19.6 Å². The second-order valence-electron chi connectivity index (χ2n) is 3.21. The third kappa shape index (κ3) is 3.12. The van der Waals surface area contributed by atoms with Crippen molar-refractivity contribution < 1.29 is 13.3 Å². The number of nitro benzene ring substituents is 1. The van der Waals surface area contributed by atoms with Crippen LogP contribution < -0.4 is 0 Å². The van der Waals surface area contributed by atoms with Crippen molar-refractivity contribution in [2.45, 2.75) is 0 Å². The maximum absolute atomic E-state index is 11.2. The number of nitriles is 1. The summed E-state index contributed by atoms with van der Waals surface area (Å²) in [5, 5.41) is 19.4. The van der Waals surface area contributed by atoms with Crippen LogP contribution in [0.2, 0.25) is 0 Å². The average molecular weight is 252 g/mol. The molecule has 1 aromatic rings. The molecule has 0 saturated carbocycles. The van der Waals surface area contributed by atoms with Crippen molar-refractivity contribution in [2.24, 2.45) is 0 Å². The molecule has 1 aromatic carbocycles. The fraction of sp³-hybridized carbons (Fsp3) is 0.100. The molecule has 7 heteroatoms. The van der Waals surface area contributed by atoms with Gasteiger partial charge in [0.2, 0.25) is 0 Å². The Hall–Kier alpha value is -2.20. The minimum absolute atomic E-state index is 0.0828. The van der Waals surface area contributed by atoms with Gasteiger partial charge in [0.25, 0.3) is 5.69 Å². The second-order valence-corrected chi connectivity index (χ2v) is 5.19. The molecule has 0 radical (unpaired) electrons. The Morgan fingerprint density at radius 2 is 2.06 bits per heavy atom. The van der Waals surface area contributed by atoms with E-state index < -0.39 is 19.7 Å². The third-order valence-corrected chi connectivity index (χ3v) is 2.94. The van der Waals surface area contributed by atoms with Crippen molar-refractivity contribution in [3.8, 4) is 6.07 Å². The summed E-state index contributed by atoms with van der Waals surface area (Å²) in [6, 6.07) is 7.11. The van der Waals surface area contributed by atoms with Gasteiger partial charge in [-0.2, -0.15) is 5.26 Å². The molecule has 0 aromatic heterocycles. The Labute approximate surface area is 97.9 Å². The number of sulfone groups is 1. The predicted octanol–water partition coefficient (Wildman–Crippen LogP) is 1.50. The minimum Gasteiger partial charge on any atom is -0.258 e. The zero-order chi connectivity index (χ0) is 13.1. The molecular formula is C10H8N2O4S. The largest absolute Gasteiger partial charge is 0.276 e. The summed E-state index contributed by atoms with van der Waals surface area (Å²) in [7, 11) is -3.68. The van der Waals surface area contributed by atoms with E-state index in [-0.39, 0.29) is 11.3 Å². The smallest absolute Gasteiger partial charge is 0.258 e. The van der Waals surface area contributed by atoms with E-state index in [1.807, 2.05) is 0 Å². The quantitative estimate of drug-likeness (QED) is 0.461. The standard InChI is InChI=1S/C10H8N2O4S/c1-17(15,16)9(7-11)6-8-4-2-3-5-10(8)12(13)14/h2-6H,1H3. The van der Waals surface area contributed by atoms with Crippen molar-refractivity contribution in [1.29, 1.82) is 5.26 Å². The number of nitro groups is 1. The number of allylic oxidation sites excluding steroid dienone is 1. The van der Waals surface area contributed by atoms with Crippen molar-refractivity contribution in [3.63, 3.8) is 0 Å². The predicted molar refractivity (Wildman–Crippen MR) is 61.5 cm³/mol. The van der Waals surface area contributed by atoms with E-state index in [0.717, 1.165) is 12.3 Å². The van der Waals surface area contributed by atoms with Crippen molar-refractivity contribution in [3.05, 3.63) is 44.8 Å². The molecule has 0 atom stereocenters. The summed E-state index contributed by atoms with van der Waals surface area (Å²) >= 11 is 0. The highest BCUT2D eigenvalue weighted by Crippen LogP contribution is 2.21. The summed E-state index contributed by atoms with van der Waals surface area (Å²) in [6.07, 6.45) is 1.87. The molecule has 0 saturated heterocycles. The third-order valence-electron chi connectivity index (χ3n) is 1.93. The fourth-order valence-corrected chi connectivity index (χ4v) is 1.65. The Balaban J connectivity index is 3.42. The van der Waals surface area contributed by atoms with Crippen LogP contribution in [0.4, 0.5) is 5.69 Å². The molecule has 0 N–H and O–H groups in total. The number of rotatable bonds is 3. The lowest BCUT2D eigenvalue weighted by Gasteiger charge is -1.98. The van der Waals surface area contributed by atoms with Gasteiger partial charge < -0.3 is 0 Å². The van der Waals surface area contributed by atoms with Crippen molar-refractivity contribution in [1.82, 2.24) is 0 Å². The molecule has 88 valence electrons. The van der Waals surface area contributed by atoms with Crippen LogP contribution in [0.25, 0.3) is 6.08 Å². The first-order chi connectivity index (χ1) is 7.86. The summed E-state index contributed by atoms with van der Waals surface area (Å²) in [4.78, 5) is 9.54. The van der Waals surface area contributed by atoms with Crippen molar-refractivity contribution in [2.75, 3.05) is 6.26 Å². The highest BCUT2D eigenvalue weighted by Gasteiger charge is 2.15. The molecular weight excluding hydrogens is 244 g/mol. The van der Waals surface area contributed by atoms with Crippen LogP contribution >= 0.6 is 0 Å². The molecule has 0 aliphatic heterocycles. The fourth-order valence-electron chi connectivity index (χ4n) is 1.14. The number of nitrogens with zero attached hydrogens (tertiary/aromatic N) is 2. The molecule has 0 amide bonds. The highest BCUT2D eigenvalue weighted by atomic mass is 32.2. The number of para-hydroxylation sites is 1. The topological polar surface area (TPSA) is 101 Å². The molecule has 0 heterocycles. The van der Waals surface area contributed by atoms with Gasteiger partial charge in [-0.25, -0.2) is 8.42 Å². The van der Waals surface area contributed by atoms with E-state index >= 15 is 0 Å². The lowest BCUT2D eigenvalue weighted by atomic mass is 10.1. The average Bonchev–Trinajstić information content (AvgIpc) is 2.24. The van der Waals surface area contributed by atoms with Gasteiger partial charge in [0.1, 0.15) is 11.0 Å². The molecule has 0 spiro atoms. The van der Waals surface area contributed by atoms with Gasteiger partial charge in [-0.05, 0) is 12.1 Å². The minimum atomic E-state index is -3.68. The SMILES string of the molecule is CS(=O)(=O)C(C#N)=Cc1ccccc1[N+](=O)[O-]. The van der Waals surface area contributed by atoms with Gasteiger partial charge in [-0.15, -0.1) is 0 Å². The van der Waals surface area contributed by atoms with E-state index in [2.05, 4.69) is 0 Å². The molecule has 6 nitrogen and oxygen atoms in total. The monoisotopic (exact) mass is 252 g/mol. The molecule has 0 aliphatic rings. The van der Waals surface area contributed by atoms with Gasteiger partial charge in [0.15, 0.2) is 9.84 Å². The van der Waals surface area contributed by atoms with Crippen LogP contribution in [0.1, 0.15) is 5.56 Å². The van der Waals surface area contributed by atoms with Crippen LogP contribution in [0.5, 0.6) is 0 Å². The molecule has 1 rings (SSSR count). The first-order valence-electron chi connectivity index (χ1n) is 4.41. The molecule has 0 bridgehead atoms. The van der Waals surface area contributed by atoms with E-state index in [9.17, 15) is 18.5 Å². The Morgan fingerprint density at radius 3 is 2.53 bits per heavy atom. The summed E-state index contributed by atoms with van der Waals surface area (Å²) in [5.74, 6) is 0. The number of benzene rings is 1. The molecule has 0 unspecified atom stereocenters. The number of hydrogen-bond acceptors (Lipinski definition) is 5. The van der Waals surface area contributed by atoms with Gasteiger partial charge >= 0.3 is 0 Å². The zero-order valence-corrected chi connectivity index (χ0v) is 9.64. The Morgan fingerprint density at radius 1 is 1.47 bits per heavy atom. The van der Waals surface area contributed by atoms with E-state index in [0.29, 0.717) is 0 Å². The van der Waals surface area contributed by atoms with E-state index in [4.69, 9.17) is 5.26 Å². The maximum atomic E-state index is 11.2.